The molecule has 3 nitrogen and oxygen atoms in total. The summed E-state index contributed by atoms with van der Waals surface area (Å²) in [5, 5.41) is 9.45. The number of thiocarbonyl (C=S) groups is 1. The molecule has 0 bridgehead atoms. The molecule has 1 fully saturated rings. The number of nitrogens with zero attached hydrogens (tertiary/aromatic N) is 1. The number of amides is 1. The molecule has 1 aromatic carbocycles. The Balaban J connectivity index is 2.32. The molecule has 0 atom stereocenters. The molecule has 94 valence electrons. The first-order chi connectivity index (χ1) is 8.52. The van der Waals surface area contributed by atoms with Gasteiger partial charge in [0.2, 0.25) is 0 Å². The largest absolute Gasteiger partial charge is 0.507 e. The number of aromatic hydroxyl groups is 1. The van der Waals surface area contributed by atoms with Gasteiger partial charge in [-0.1, -0.05) is 30.0 Å². The number of halogens is 1. The summed E-state index contributed by atoms with van der Waals surface area (Å²) < 4.78 is 1.36. The lowest BCUT2D eigenvalue weighted by Crippen LogP contribution is -2.27. The number of phenolic OH excluding ortho intramolecular Hbond substituents is 1. The van der Waals surface area contributed by atoms with Crippen LogP contribution in [0.1, 0.15) is 12.5 Å². The average Bonchev–Trinajstić information content (AvgIpc) is 2.59. The molecule has 1 aliphatic heterocycles. The fourth-order valence-corrected chi connectivity index (χ4v) is 3.46. The first-order valence-corrected chi connectivity index (χ1v) is 7.57. The van der Waals surface area contributed by atoms with E-state index >= 15 is 0 Å². The van der Waals surface area contributed by atoms with Gasteiger partial charge in [0.1, 0.15) is 10.1 Å². The molecule has 0 radical (unpaired) electrons. The monoisotopic (exact) mass is 391 g/mol. The zero-order valence-corrected chi connectivity index (χ0v) is 13.3. The van der Waals surface area contributed by atoms with E-state index in [0.29, 0.717) is 15.8 Å². The Bertz CT molecular complexity index is 557. The highest BCUT2D eigenvalue weighted by atomic mass is 127. The second kappa shape index (κ2) is 5.58. The summed E-state index contributed by atoms with van der Waals surface area (Å²) in [7, 11) is 0. The third-order valence-corrected chi connectivity index (χ3v) is 4.70. The van der Waals surface area contributed by atoms with Gasteiger partial charge in [-0.05, 0) is 53.3 Å². The summed E-state index contributed by atoms with van der Waals surface area (Å²) in [6.07, 6.45) is 1.80. The predicted octanol–water partition coefficient (Wildman–Crippen LogP) is 3.22. The first kappa shape index (κ1) is 13.8. The van der Waals surface area contributed by atoms with Gasteiger partial charge in [-0.15, -0.1) is 0 Å². The Morgan fingerprint density at radius 3 is 2.83 bits per heavy atom. The molecule has 1 saturated heterocycles. The van der Waals surface area contributed by atoms with Crippen molar-refractivity contribution in [1.29, 1.82) is 0 Å². The van der Waals surface area contributed by atoms with Crippen LogP contribution in [-0.4, -0.2) is 26.8 Å². The Morgan fingerprint density at radius 2 is 2.28 bits per heavy atom. The second-order valence-electron chi connectivity index (χ2n) is 3.64. The molecule has 0 aliphatic carbocycles. The lowest BCUT2D eigenvalue weighted by Gasteiger charge is -2.09. The molecule has 1 N–H and O–H groups in total. The molecule has 1 aliphatic rings. The van der Waals surface area contributed by atoms with Crippen molar-refractivity contribution in [2.45, 2.75) is 6.92 Å². The Hall–Kier alpha value is -0.600. The zero-order chi connectivity index (χ0) is 13.3. The number of rotatable bonds is 2. The molecule has 0 saturated carbocycles. The highest BCUT2D eigenvalue weighted by Crippen LogP contribution is 2.32. The smallest absolute Gasteiger partial charge is 0.266 e. The van der Waals surface area contributed by atoms with Crippen LogP contribution in [0.2, 0.25) is 0 Å². The summed E-state index contributed by atoms with van der Waals surface area (Å²) in [5.74, 6) is 0.199. The van der Waals surface area contributed by atoms with E-state index in [1.165, 1.54) is 11.8 Å². The number of benzene rings is 1. The van der Waals surface area contributed by atoms with Crippen molar-refractivity contribution in [3.8, 4) is 5.75 Å². The topological polar surface area (TPSA) is 40.5 Å². The molecular weight excluding hydrogens is 381 g/mol. The highest BCUT2D eigenvalue weighted by Gasteiger charge is 2.30. The molecule has 0 unspecified atom stereocenters. The lowest BCUT2D eigenvalue weighted by molar-refractivity contribution is -0.121. The highest BCUT2D eigenvalue weighted by molar-refractivity contribution is 14.1. The van der Waals surface area contributed by atoms with Crippen LogP contribution in [0.4, 0.5) is 0 Å². The molecule has 2 rings (SSSR count). The lowest BCUT2D eigenvalue weighted by atomic mass is 10.2. The van der Waals surface area contributed by atoms with Crippen LogP contribution in [0.15, 0.2) is 23.1 Å². The molecule has 1 amide bonds. The minimum Gasteiger partial charge on any atom is -0.507 e. The number of hydrogen-bond donors (Lipinski definition) is 1. The Kier molecular flexibility index (Phi) is 4.29. The normalized spacial score (nSPS) is 17.9. The zero-order valence-electron chi connectivity index (χ0n) is 9.51. The van der Waals surface area contributed by atoms with Crippen LogP contribution in [0.5, 0.6) is 5.75 Å². The summed E-state index contributed by atoms with van der Waals surface area (Å²) in [6, 6.07) is 5.22. The number of thioether (sulfide) groups is 1. The fraction of sp³-hybridized carbons (Fsp3) is 0.167. The maximum atomic E-state index is 12.0. The number of carbonyl (C=O) groups excluding carboxylic acids is 1. The van der Waals surface area contributed by atoms with Crippen LogP contribution in [0, 0.1) is 3.57 Å². The molecule has 1 heterocycles. The third-order valence-electron chi connectivity index (χ3n) is 2.46. The van der Waals surface area contributed by atoms with Crippen LogP contribution < -0.4 is 0 Å². The van der Waals surface area contributed by atoms with E-state index in [-0.39, 0.29) is 11.7 Å². The van der Waals surface area contributed by atoms with Gasteiger partial charge in [0.25, 0.3) is 5.91 Å². The SMILES string of the molecule is CCN1C(=O)/C(=C/c2ccc(O)c(I)c2)SC1=S. The second-order valence-corrected chi connectivity index (χ2v) is 6.47. The van der Waals surface area contributed by atoms with Gasteiger partial charge in [-0.2, -0.15) is 0 Å². The van der Waals surface area contributed by atoms with Crippen molar-refractivity contribution in [3.63, 3.8) is 0 Å². The number of hydrogen-bond acceptors (Lipinski definition) is 4. The third kappa shape index (κ3) is 2.70. The molecule has 6 heteroatoms. The van der Waals surface area contributed by atoms with E-state index in [4.69, 9.17) is 12.2 Å². The van der Waals surface area contributed by atoms with Gasteiger partial charge in [-0.3, -0.25) is 9.69 Å². The van der Waals surface area contributed by atoms with Gasteiger partial charge < -0.3 is 5.11 Å². The van der Waals surface area contributed by atoms with Gasteiger partial charge >= 0.3 is 0 Å². The Morgan fingerprint density at radius 1 is 1.56 bits per heavy atom. The molecule has 1 aromatic rings. The van der Waals surface area contributed by atoms with E-state index in [1.807, 2.05) is 13.0 Å². The maximum Gasteiger partial charge on any atom is 0.266 e. The molecule has 18 heavy (non-hydrogen) atoms. The van der Waals surface area contributed by atoms with Gasteiger partial charge in [-0.25, -0.2) is 0 Å². The van der Waals surface area contributed by atoms with E-state index in [9.17, 15) is 9.90 Å². The van der Waals surface area contributed by atoms with Crippen LogP contribution in [-0.2, 0) is 4.79 Å². The van der Waals surface area contributed by atoms with Crippen molar-refractivity contribution in [1.82, 2.24) is 4.90 Å². The standard InChI is InChI=1S/C12H10INO2S2/c1-2-14-11(16)10(18-12(14)17)6-7-3-4-9(15)8(13)5-7/h3-6,15H,2H2,1H3/b10-6-. The van der Waals surface area contributed by atoms with Gasteiger partial charge in [0, 0.05) is 6.54 Å². The van der Waals surface area contributed by atoms with Crippen molar-refractivity contribution in [3.05, 3.63) is 32.2 Å². The van der Waals surface area contributed by atoms with Crippen molar-refractivity contribution in [2.24, 2.45) is 0 Å². The number of carbonyl (C=O) groups is 1. The van der Waals surface area contributed by atoms with Crippen LogP contribution >= 0.6 is 46.6 Å². The van der Waals surface area contributed by atoms with Crippen LogP contribution in [0.3, 0.4) is 0 Å². The van der Waals surface area contributed by atoms with E-state index in [1.54, 1.807) is 23.1 Å². The summed E-state index contributed by atoms with van der Waals surface area (Å²) in [4.78, 5) is 14.2. The number of likely N-dealkylation sites (N-methyl/N-ethyl adjacent to an activating group) is 1. The summed E-state index contributed by atoms with van der Waals surface area (Å²) in [6.45, 7) is 2.49. The van der Waals surface area contributed by atoms with Gasteiger partial charge in [0.05, 0.1) is 8.48 Å². The molecular formula is C12H10INO2S2. The average molecular weight is 391 g/mol. The van der Waals surface area contributed by atoms with E-state index in [2.05, 4.69) is 22.6 Å². The van der Waals surface area contributed by atoms with E-state index < -0.39 is 0 Å². The summed E-state index contributed by atoms with van der Waals surface area (Å²) in [5.41, 5.74) is 0.883. The molecule has 0 spiro atoms. The Labute approximate surface area is 128 Å². The van der Waals surface area contributed by atoms with Gasteiger partial charge in [0.15, 0.2) is 0 Å². The summed E-state index contributed by atoms with van der Waals surface area (Å²) >= 11 is 8.51. The first-order valence-electron chi connectivity index (χ1n) is 5.27. The predicted molar refractivity (Wildman–Crippen MR) is 86.4 cm³/mol. The van der Waals surface area contributed by atoms with Crippen LogP contribution in [0.25, 0.3) is 6.08 Å². The van der Waals surface area contributed by atoms with Crippen molar-refractivity contribution in [2.75, 3.05) is 6.54 Å². The number of phenols is 1. The van der Waals surface area contributed by atoms with Crippen molar-refractivity contribution >= 4 is 62.9 Å². The fourth-order valence-electron chi connectivity index (χ4n) is 1.54. The minimum atomic E-state index is -0.0458. The minimum absolute atomic E-state index is 0.0458. The maximum absolute atomic E-state index is 12.0. The quantitative estimate of drug-likeness (QED) is 0.478. The van der Waals surface area contributed by atoms with Crippen molar-refractivity contribution < 1.29 is 9.90 Å². The van der Waals surface area contributed by atoms with E-state index in [0.717, 1.165) is 9.13 Å². The molecule has 0 aromatic heterocycles.